The van der Waals surface area contributed by atoms with E-state index in [9.17, 15) is 4.79 Å². The van der Waals surface area contributed by atoms with Crippen LogP contribution in [0.15, 0.2) is 24.3 Å². The Kier molecular flexibility index (Phi) is 6.03. The molecule has 122 valence electrons. The first-order chi connectivity index (χ1) is 10.6. The molecule has 1 saturated heterocycles. The number of hydrogen-bond acceptors (Lipinski definition) is 5. The molecule has 1 atom stereocenters. The van der Waals surface area contributed by atoms with Crippen LogP contribution in [0.1, 0.15) is 12.8 Å². The third kappa shape index (κ3) is 4.35. The van der Waals surface area contributed by atoms with Crippen LogP contribution in [-0.2, 0) is 9.53 Å². The minimum atomic E-state index is -0.580. The summed E-state index contributed by atoms with van der Waals surface area (Å²) in [5, 5.41) is 0. The molecule has 2 rings (SSSR count). The Hall–Kier alpha value is -1.79. The fourth-order valence-electron chi connectivity index (χ4n) is 2.53. The zero-order chi connectivity index (χ0) is 15.9. The van der Waals surface area contributed by atoms with E-state index in [2.05, 4.69) is 0 Å². The molecule has 1 heterocycles. The van der Waals surface area contributed by atoms with E-state index < -0.39 is 6.04 Å². The van der Waals surface area contributed by atoms with Gasteiger partial charge in [0.25, 0.3) is 0 Å². The summed E-state index contributed by atoms with van der Waals surface area (Å²) in [7, 11) is 3.18. The van der Waals surface area contributed by atoms with Crippen molar-refractivity contribution in [3.63, 3.8) is 0 Å². The van der Waals surface area contributed by atoms with Crippen LogP contribution in [0.5, 0.6) is 11.5 Å². The number of methoxy groups -OCH3 is 2. The first-order valence-corrected chi connectivity index (χ1v) is 7.48. The van der Waals surface area contributed by atoms with E-state index in [0.717, 1.165) is 24.3 Å². The summed E-state index contributed by atoms with van der Waals surface area (Å²) in [6, 6.07) is 6.95. The molecule has 0 unspecified atom stereocenters. The number of benzene rings is 1. The molecular formula is C16H24N2O4. The summed E-state index contributed by atoms with van der Waals surface area (Å²) in [6.07, 6.45) is 1.73. The number of piperidine rings is 1. The molecule has 1 aliphatic heterocycles. The van der Waals surface area contributed by atoms with E-state index in [4.69, 9.17) is 19.9 Å². The molecule has 0 radical (unpaired) electrons. The summed E-state index contributed by atoms with van der Waals surface area (Å²) in [6.45, 7) is 1.58. The van der Waals surface area contributed by atoms with Crippen LogP contribution in [-0.4, -0.2) is 56.9 Å². The van der Waals surface area contributed by atoms with Crippen LogP contribution >= 0.6 is 0 Å². The second-order valence-electron chi connectivity index (χ2n) is 5.38. The van der Waals surface area contributed by atoms with E-state index in [1.807, 2.05) is 24.3 Å². The number of nitrogens with zero attached hydrogens (tertiary/aromatic N) is 1. The molecule has 0 spiro atoms. The van der Waals surface area contributed by atoms with Crippen LogP contribution in [0.2, 0.25) is 0 Å². The lowest BCUT2D eigenvalue weighted by Crippen LogP contribution is -2.50. The standard InChI is InChI=1S/C16H24N2O4/c1-20-11-15(17)16(19)18-9-7-14(8-10-18)22-13-5-3-12(21-2)4-6-13/h3-6,14-15H,7-11,17H2,1-2H3/t15-/m1/s1. The molecule has 1 fully saturated rings. The van der Waals surface area contributed by atoms with Crippen molar-refractivity contribution >= 4 is 5.91 Å². The van der Waals surface area contributed by atoms with Gasteiger partial charge in [-0.3, -0.25) is 4.79 Å². The largest absolute Gasteiger partial charge is 0.497 e. The third-order valence-electron chi connectivity index (χ3n) is 3.78. The summed E-state index contributed by atoms with van der Waals surface area (Å²) in [5.41, 5.74) is 5.78. The fraction of sp³-hybridized carbons (Fsp3) is 0.562. The topological polar surface area (TPSA) is 74.0 Å². The van der Waals surface area contributed by atoms with Crippen LogP contribution < -0.4 is 15.2 Å². The average molecular weight is 308 g/mol. The molecule has 6 nitrogen and oxygen atoms in total. The number of ether oxygens (including phenoxy) is 3. The van der Waals surface area contributed by atoms with Gasteiger partial charge < -0.3 is 24.8 Å². The van der Waals surface area contributed by atoms with Gasteiger partial charge in [-0.05, 0) is 24.3 Å². The van der Waals surface area contributed by atoms with Gasteiger partial charge in [0.05, 0.1) is 13.7 Å². The van der Waals surface area contributed by atoms with Gasteiger partial charge in [-0.15, -0.1) is 0 Å². The Morgan fingerprint density at radius 2 is 1.82 bits per heavy atom. The molecule has 0 aromatic heterocycles. The molecule has 1 aliphatic rings. The first-order valence-electron chi connectivity index (χ1n) is 7.48. The highest BCUT2D eigenvalue weighted by Crippen LogP contribution is 2.22. The van der Waals surface area contributed by atoms with Crippen molar-refractivity contribution in [2.45, 2.75) is 25.0 Å². The maximum atomic E-state index is 12.1. The van der Waals surface area contributed by atoms with Gasteiger partial charge in [0, 0.05) is 33.0 Å². The van der Waals surface area contributed by atoms with Crippen molar-refractivity contribution in [1.82, 2.24) is 4.90 Å². The summed E-state index contributed by atoms with van der Waals surface area (Å²) < 4.78 is 16.0. The van der Waals surface area contributed by atoms with Crippen molar-refractivity contribution in [1.29, 1.82) is 0 Å². The first kappa shape index (κ1) is 16.6. The van der Waals surface area contributed by atoms with Crippen LogP contribution in [0.3, 0.4) is 0 Å². The number of nitrogens with two attached hydrogens (primary N) is 1. The Bertz CT molecular complexity index is 470. The van der Waals surface area contributed by atoms with Crippen molar-refractivity contribution < 1.29 is 19.0 Å². The monoisotopic (exact) mass is 308 g/mol. The molecule has 22 heavy (non-hydrogen) atoms. The Labute approximate surface area is 131 Å². The molecule has 2 N–H and O–H groups in total. The normalized spacial score (nSPS) is 17.1. The van der Waals surface area contributed by atoms with E-state index in [0.29, 0.717) is 13.1 Å². The van der Waals surface area contributed by atoms with Gasteiger partial charge in [0.15, 0.2) is 0 Å². The SMILES string of the molecule is COC[C@@H](N)C(=O)N1CCC(Oc2ccc(OC)cc2)CC1. The number of carbonyl (C=O) groups is 1. The molecule has 0 aliphatic carbocycles. The lowest BCUT2D eigenvalue weighted by Gasteiger charge is -2.33. The van der Waals surface area contributed by atoms with E-state index >= 15 is 0 Å². The molecular weight excluding hydrogens is 284 g/mol. The van der Waals surface area contributed by atoms with Crippen LogP contribution in [0.4, 0.5) is 0 Å². The molecule has 0 saturated carbocycles. The Balaban J connectivity index is 1.80. The van der Waals surface area contributed by atoms with Gasteiger partial charge in [0.2, 0.25) is 5.91 Å². The maximum absolute atomic E-state index is 12.1. The van der Waals surface area contributed by atoms with Gasteiger partial charge in [-0.1, -0.05) is 0 Å². The Morgan fingerprint density at radius 3 is 2.36 bits per heavy atom. The van der Waals surface area contributed by atoms with Gasteiger partial charge in [0.1, 0.15) is 23.6 Å². The number of amides is 1. The smallest absolute Gasteiger partial charge is 0.241 e. The average Bonchev–Trinajstić information content (AvgIpc) is 2.56. The second-order valence-corrected chi connectivity index (χ2v) is 5.38. The van der Waals surface area contributed by atoms with Crippen molar-refractivity contribution in [2.24, 2.45) is 5.73 Å². The van der Waals surface area contributed by atoms with Crippen LogP contribution in [0, 0.1) is 0 Å². The number of carbonyl (C=O) groups excluding carboxylic acids is 1. The molecule has 1 aromatic carbocycles. The molecule has 6 heteroatoms. The predicted molar refractivity (Wildman–Crippen MR) is 83.1 cm³/mol. The van der Waals surface area contributed by atoms with Crippen molar-refractivity contribution in [3.8, 4) is 11.5 Å². The van der Waals surface area contributed by atoms with Crippen molar-refractivity contribution in [3.05, 3.63) is 24.3 Å². The van der Waals surface area contributed by atoms with E-state index in [-0.39, 0.29) is 18.6 Å². The number of likely N-dealkylation sites (tertiary alicyclic amines) is 1. The summed E-state index contributed by atoms with van der Waals surface area (Å²) in [4.78, 5) is 13.9. The summed E-state index contributed by atoms with van der Waals surface area (Å²) >= 11 is 0. The molecule has 1 aromatic rings. The number of hydrogen-bond donors (Lipinski definition) is 1. The minimum absolute atomic E-state index is 0.0512. The van der Waals surface area contributed by atoms with Crippen LogP contribution in [0.25, 0.3) is 0 Å². The summed E-state index contributed by atoms with van der Waals surface area (Å²) in [5.74, 6) is 1.58. The Morgan fingerprint density at radius 1 is 1.23 bits per heavy atom. The minimum Gasteiger partial charge on any atom is -0.497 e. The number of rotatable bonds is 6. The van der Waals surface area contributed by atoms with E-state index in [1.165, 1.54) is 0 Å². The van der Waals surface area contributed by atoms with Gasteiger partial charge in [-0.25, -0.2) is 0 Å². The highest BCUT2D eigenvalue weighted by atomic mass is 16.5. The molecule has 0 bridgehead atoms. The van der Waals surface area contributed by atoms with Gasteiger partial charge >= 0.3 is 0 Å². The second kappa shape index (κ2) is 8.00. The lowest BCUT2D eigenvalue weighted by molar-refractivity contribution is -0.135. The quantitative estimate of drug-likeness (QED) is 0.850. The highest BCUT2D eigenvalue weighted by molar-refractivity contribution is 5.81. The third-order valence-corrected chi connectivity index (χ3v) is 3.78. The lowest BCUT2D eigenvalue weighted by atomic mass is 10.1. The maximum Gasteiger partial charge on any atom is 0.241 e. The molecule has 1 amide bonds. The van der Waals surface area contributed by atoms with E-state index in [1.54, 1.807) is 19.1 Å². The van der Waals surface area contributed by atoms with Gasteiger partial charge in [-0.2, -0.15) is 0 Å². The predicted octanol–water partition coefficient (Wildman–Crippen LogP) is 1.04. The fourth-order valence-corrected chi connectivity index (χ4v) is 2.53. The zero-order valence-corrected chi connectivity index (χ0v) is 13.2. The highest BCUT2D eigenvalue weighted by Gasteiger charge is 2.27. The van der Waals surface area contributed by atoms with Crippen molar-refractivity contribution in [2.75, 3.05) is 33.9 Å². The zero-order valence-electron chi connectivity index (χ0n) is 13.2.